The Kier molecular flexibility index (Phi) is 4.59. The third-order valence-electron chi connectivity index (χ3n) is 2.56. The van der Waals surface area contributed by atoms with E-state index in [-0.39, 0.29) is 0 Å². The molecule has 0 spiro atoms. The lowest BCUT2D eigenvalue weighted by molar-refractivity contribution is 0.303. The van der Waals surface area contributed by atoms with E-state index in [9.17, 15) is 0 Å². The molecule has 0 saturated carbocycles. The Morgan fingerprint density at radius 3 is 2.61 bits per heavy atom. The van der Waals surface area contributed by atoms with E-state index in [0.717, 1.165) is 28.0 Å². The van der Waals surface area contributed by atoms with E-state index in [4.69, 9.17) is 9.47 Å². The molecular weight excluding hydrogens is 294 g/mol. The monoisotopic (exact) mass is 307 g/mol. The summed E-state index contributed by atoms with van der Waals surface area (Å²) in [6, 6.07) is 9.68. The maximum absolute atomic E-state index is 5.80. The summed E-state index contributed by atoms with van der Waals surface area (Å²) in [7, 11) is 1.66. The van der Waals surface area contributed by atoms with Gasteiger partial charge in [-0.15, -0.1) is 0 Å². The molecule has 0 unspecified atom stereocenters. The van der Waals surface area contributed by atoms with Crippen LogP contribution < -0.4 is 9.47 Å². The molecule has 0 fully saturated rings. The van der Waals surface area contributed by atoms with Gasteiger partial charge < -0.3 is 9.47 Å². The molecule has 4 heteroatoms. The van der Waals surface area contributed by atoms with Crippen molar-refractivity contribution < 1.29 is 9.47 Å². The molecule has 3 nitrogen and oxygen atoms in total. The summed E-state index contributed by atoms with van der Waals surface area (Å²) in [4.78, 5) is 3.98. The first-order valence-electron chi connectivity index (χ1n) is 5.58. The summed E-state index contributed by atoms with van der Waals surface area (Å²) < 4.78 is 11.0. The molecule has 0 saturated heterocycles. The predicted molar refractivity (Wildman–Crippen MR) is 74.2 cm³/mol. The highest BCUT2D eigenvalue weighted by Gasteiger charge is 2.05. The number of hydrogen-bond acceptors (Lipinski definition) is 3. The SMILES string of the molecule is COc1ccc(OCc2ccncc2)c(CBr)c1. The van der Waals surface area contributed by atoms with Crippen molar-refractivity contribution in [2.24, 2.45) is 0 Å². The number of alkyl halides is 1. The second kappa shape index (κ2) is 6.40. The summed E-state index contributed by atoms with van der Waals surface area (Å²) in [6.07, 6.45) is 3.52. The predicted octanol–water partition coefficient (Wildman–Crippen LogP) is 3.56. The fourth-order valence-corrected chi connectivity index (χ4v) is 2.01. The molecule has 0 atom stereocenters. The Balaban J connectivity index is 2.09. The van der Waals surface area contributed by atoms with Crippen molar-refractivity contribution in [2.45, 2.75) is 11.9 Å². The van der Waals surface area contributed by atoms with Crippen LogP contribution >= 0.6 is 15.9 Å². The molecular formula is C14H14BrNO2. The molecule has 0 radical (unpaired) electrons. The summed E-state index contributed by atoms with van der Waals surface area (Å²) >= 11 is 3.45. The van der Waals surface area contributed by atoms with Gasteiger partial charge in [0.2, 0.25) is 0 Å². The van der Waals surface area contributed by atoms with E-state index < -0.39 is 0 Å². The van der Waals surface area contributed by atoms with E-state index in [1.54, 1.807) is 19.5 Å². The second-order valence-corrected chi connectivity index (χ2v) is 4.31. The number of halogens is 1. The topological polar surface area (TPSA) is 31.4 Å². The molecule has 0 aliphatic carbocycles. The van der Waals surface area contributed by atoms with Crippen molar-refractivity contribution in [3.63, 3.8) is 0 Å². The fraction of sp³-hybridized carbons (Fsp3) is 0.214. The smallest absolute Gasteiger partial charge is 0.124 e. The molecule has 1 aromatic carbocycles. The number of rotatable bonds is 5. The van der Waals surface area contributed by atoms with Gasteiger partial charge in [-0.05, 0) is 35.9 Å². The van der Waals surface area contributed by atoms with E-state index in [2.05, 4.69) is 20.9 Å². The Bertz CT molecular complexity index is 502. The molecule has 94 valence electrons. The molecule has 2 aromatic rings. The number of aromatic nitrogens is 1. The van der Waals surface area contributed by atoms with Crippen LogP contribution in [0.3, 0.4) is 0 Å². The lowest BCUT2D eigenvalue weighted by Crippen LogP contribution is -1.98. The second-order valence-electron chi connectivity index (χ2n) is 3.75. The van der Waals surface area contributed by atoms with Gasteiger partial charge in [-0.1, -0.05) is 15.9 Å². The summed E-state index contributed by atoms with van der Waals surface area (Å²) in [5, 5.41) is 0.732. The fourth-order valence-electron chi connectivity index (χ4n) is 1.57. The first-order chi connectivity index (χ1) is 8.83. The normalized spacial score (nSPS) is 10.1. The van der Waals surface area contributed by atoms with Crippen LogP contribution in [0.15, 0.2) is 42.7 Å². The van der Waals surface area contributed by atoms with Crippen LogP contribution in [-0.2, 0) is 11.9 Å². The van der Waals surface area contributed by atoms with Gasteiger partial charge in [-0.2, -0.15) is 0 Å². The minimum absolute atomic E-state index is 0.537. The van der Waals surface area contributed by atoms with E-state index >= 15 is 0 Å². The van der Waals surface area contributed by atoms with Gasteiger partial charge >= 0.3 is 0 Å². The maximum atomic E-state index is 5.80. The standard InChI is InChI=1S/C14H14BrNO2/c1-17-13-2-3-14(12(8-13)9-15)18-10-11-4-6-16-7-5-11/h2-8H,9-10H2,1H3. The molecule has 1 heterocycles. The van der Waals surface area contributed by atoms with Gasteiger partial charge in [0.15, 0.2) is 0 Å². The van der Waals surface area contributed by atoms with Gasteiger partial charge in [0.25, 0.3) is 0 Å². The average molecular weight is 308 g/mol. The van der Waals surface area contributed by atoms with Gasteiger partial charge in [-0.25, -0.2) is 0 Å². The van der Waals surface area contributed by atoms with Gasteiger partial charge in [0, 0.05) is 23.3 Å². The number of ether oxygens (including phenoxy) is 2. The number of benzene rings is 1. The molecule has 0 aliphatic rings. The number of pyridine rings is 1. The Morgan fingerprint density at radius 2 is 1.94 bits per heavy atom. The summed E-state index contributed by atoms with van der Waals surface area (Å²) in [5.41, 5.74) is 2.17. The van der Waals surface area contributed by atoms with Crippen molar-refractivity contribution in [3.8, 4) is 11.5 Å². The lowest BCUT2D eigenvalue weighted by atomic mass is 10.2. The van der Waals surface area contributed by atoms with Crippen LogP contribution in [-0.4, -0.2) is 12.1 Å². The van der Waals surface area contributed by atoms with E-state index in [1.165, 1.54) is 0 Å². The molecule has 1 aromatic heterocycles. The Morgan fingerprint density at radius 1 is 1.17 bits per heavy atom. The minimum Gasteiger partial charge on any atom is -0.497 e. The maximum Gasteiger partial charge on any atom is 0.124 e. The number of nitrogens with zero attached hydrogens (tertiary/aromatic N) is 1. The quantitative estimate of drug-likeness (QED) is 0.791. The number of methoxy groups -OCH3 is 1. The zero-order valence-electron chi connectivity index (χ0n) is 10.1. The molecule has 0 amide bonds. The molecule has 0 N–H and O–H groups in total. The zero-order chi connectivity index (χ0) is 12.8. The van der Waals surface area contributed by atoms with Gasteiger partial charge in [0.1, 0.15) is 18.1 Å². The van der Waals surface area contributed by atoms with Crippen molar-refractivity contribution in [1.29, 1.82) is 0 Å². The third kappa shape index (κ3) is 3.23. The molecule has 0 aliphatic heterocycles. The van der Waals surface area contributed by atoms with Crippen LogP contribution in [0.4, 0.5) is 0 Å². The number of hydrogen-bond donors (Lipinski definition) is 0. The first-order valence-corrected chi connectivity index (χ1v) is 6.70. The van der Waals surface area contributed by atoms with Crippen molar-refractivity contribution in [3.05, 3.63) is 53.9 Å². The summed E-state index contributed by atoms with van der Waals surface area (Å²) in [6.45, 7) is 0.537. The largest absolute Gasteiger partial charge is 0.497 e. The minimum atomic E-state index is 0.537. The molecule has 18 heavy (non-hydrogen) atoms. The zero-order valence-corrected chi connectivity index (χ0v) is 11.7. The van der Waals surface area contributed by atoms with Gasteiger partial charge in [0.05, 0.1) is 7.11 Å². The van der Waals surface area contributed by atoms with E-state index in [1.807, 2.05) is 30.3 Å². The lowest BCUT2D eigenvalue weighted by Gasteiger charge is -2.11. The van der Waals surface area contributed by atoms with Crippen molar-refractivity contribution >= 4 is 15.9 Å². The molecule has 0 bridgehead atoms. The van der Waals surface area contributed by atoms with Crippen LogP contribution in [0.5, 0.6) is 11.5 Å². The van der Waals surface area contributed by atoms with Crippen molar-refractivity contribution in [2.75, 3.05) is 7.11 Å². The van der Waals surface area contributed by atoms with Crippen LogP contribution in [0, 0.1) is 0 Å². The highest BCUT2D eigenvalue weighted by molar-refractivity contribution is 9.08. The first kappa shape index (κ1) is 12.9. The Labute approximate surface area is 115 Å². The highest BCUT2D eigenvalue weighted by atomic mass is 79.9. The van der Waals surface area contributed by atoms with E-state index in [0.29, 0.717) is 6.61 Å². The van der Waals surface area contributed by atoms with Crippen LogP contribution in [0.1, 0.15) is 11.1 Å². The third-order valence-corrected chi connectivity index (χ3v) is 3.16. The Hall–Kier alpha value is -1.55. The van der Waals surface area contributed by atoms with Crippen molar-refractivity contribution in [1.82, 2.24) is 4.98 Å². The van der Waals surface area contributed by atoms with Crippen LogP contribution in [0.2, 0.25) is 0 Å². The molecule has 2 rings (SSSR count). The van der Waals surface area contributed by atoms with Gasteiger partial charge in [-0.3, -0.25) is 4.98 Å². The van der Waals surface area contributed by atoms with Crippen LogP contribution in [0.25, 0.3) is 0 Å². The highest BCUT2D eigenvalue weighted by Crippen LogP contribution is 2.26. The average Bonchev–Trinajstić information content (AvgIpc) is 2.46. The summed E-state index contributed by atoms with van der Waals surface area (Å²) in [5.74, 6) is 1.70.